The number of esters is 2. The van der Waals surface area contributed by atoms with E-state index in [-0.39, 0.29) is 11.9 Å². The minimum Gasteiger partial charge on any atom is -0.461 e. The molecule has 0 rings (SSSR count). The predicted octanol–water partition coefficient (Wildman–Crippen LogP) is 11.6. The summed E-state index contributed by atoms with van der Waals surface area (Å²) in [5.41, 5.74) is 0. The number of halogens is 1. The Hall–Kier alpha value is -1.10. The highest BCUT2D eigenvalue weighted by atomic mass is 79.9. The summed E-state index contributed by atoms with van der Waals surface area (Å²) in [7, 11) is 0. The van der Waals surface area contributed by atoms with Gasteiger partial charge in [0.05, 0.1) is 0 Å². The molecule has 0 aliphatic carbocycles. The molecule has 0 spiro atoms. The largest absolute Gasteiger partial charge is 0.461 e. The van der Waals surface area contributed by atoms with Gasteiger partial charge in [0.25, 0.3) is 0 Å². The lowest BCUT2D eigenvalue weighted by Gasteiger charge is -2.13. The van der Waals surface area contributed by atoms with Crippen molar-refractivity contribution in [1.82, 2.24) is 0 Å². The Balaban J connectivity index is 3.51. The number of carbonyl (C=O) groups excluding carboxylic acids is 2. The number of hydrogen-bond acceptors (Lipinski definition) is 4. The van der Waals surface area contributed by atoms with Crippen molar-refractivity contribution in [1.29, 1.82) is 0 Å². The van der Waals surface area contributed by atoms with Crippen LogP contribution in [0.1, 0.15) is 168 Å². The monoisotopic (exact) mass is 640 g/mol. The van der Waals surface area contributed by atoms with Crippen LogP contribution >= 0.6 is 15.9 Å². The van der Waals surface area contributed by atoms with E-state index in [1.807, 2.05) is 12.2 Å². The predicted molar refractivity (Wildman–Crippen MR) is 180 cm³/mol. The standard InChI is InChI=1S/C36H65BrO4/c1-3-5-7-9-11-19-25-31-40-35(38)29-23-17-13-15-21-27-34(33-37)28-22-16-14-18-24-30-36(39)41-32-26-20-12-10-8-6-4-2/h19-20,25-26,34H,3-18,21-24,27-33H2,1-2H3/b25-19+,26-20+. The Kier molecular flexibility index (Phi) is 32.5. The molecule has 0 saturated heterocycles. The molecule has 0 fully saturated rings. The maximum absolute atomic E-state index is 11.9. The van der Waals surface area contributed by atoms with E-state index in [0.717, 1.165) is 49.8 Å². The van der Waals surface area contributed by atoms with Crippen LogP contribution in [-0.4, -0.2) is 30.5 Å². The summed E-state index contributed by atoms with van der Waals surface area (Å²) in [6, 6.07) is 0. The zero-order valence-electron chi connectivity index (χ0n) is 27.0. The second-order valence-electron chi connectivity index (χ2n) is 11.6. The highest BCUT2D eigenvalue weighted by Crippen LogP contribution is 2.21. The molecular weight excluding hydrogens is 576 g/mol. The van der Waals surface area contributed by atoms with Gasteiger partial charge in [-0.3, -0.25) is 9.59 Å². The Bertz CT molecular complexity index is 579. The quantitative estimate of drug-likeness (QED) is 0.0327. The number of hydrogen-bond donors (Lipinski definition) is 0. The van der Waals surface area contributed by atoms with Crippen molar-refractivity contribution in [2.45, 2.75) is 168 Å². The lowest BCUT2D eigenvalue weighted by Crippen LogP contribution is -2.04. The first-order valence-electron chi connectivity index (χ1n) is 17.3. The van der Waals surface area contributed by atoms with Crippen LogP contribution in [0.4, 0.5) is 0 Å². The Labute approximate surface area is 263 Å². The molecule has 5 heteroatoms. The van der Waals surface area contributed by atoms with Gasteiger partial charge >= 0.3 is 11.9 Å². The average Bonchev–Trinajstić information content (AvgIpc) is 2.97. The van der Waals surface area contributed by atoms with E-state index >= 15 is 0 Å². The van der Waals surface area contributed by atoms with Crippen LogP contribution in [0.25, 0.3) is 0 Å². The minimum atomic E-state index is -0.0591. The van der Waals surface area contributed by atoms with Gasteiger partial charge in [-0.2, -0.15) is 0 Å². The van der Waals surface area contributed by atoms with E-state index in [2.05, 4.69) is 41.9 Å². The third-order valence-corrected chi connectivity index (χ3v) is 8.58. The summed E-state index contributed by atoms with van der Waals surface area (Å²) in [5.74, 6) is 0.645. The highest BCUT2D eigenvalue weighted by molar-refractivity contribution is 9.09. The summed E-state index contributed by atoms with van der Waals surface area (Å²) in [6.07, 6.45) is 35.9. The first-order chi connectivity index (χ1) is 20.1. The van der Waals surface area contributed by atoms with Crippen molar-refractivity contribution >= 4 is 27.9 Å². The molecule has 0 aromatic carbocycles. The van der Waals surface area contributed by atoms with Gasteiger partial charge in [-0.15, -0.1) is 0 Å². The van der Waals surface area contributed by atoms with Crippen molar-refractivity contribution < 1.29 is 19.1 Å². The summed E-state index contributed by atoms with van der Waals surface area (Å²) < 4.78 is 10.6. The lowest BCUT2D eigenvalue weighted by molar-refractivity contribution is -0.143. The zero-order chi connectivity index (χ0) is 30.1. The van der Waals surface area contributed by atoms with Crippen LogP contribution < -0.4 is 0 Å². The summed E-state index contributed by atoms with van der Waals surface area (Å²) in [5, 5.41) is 1.09. The SMILES string of the molecule is CCCCCC/C=C/COC(=O)CCCCCCCC(CBr)CCCCCCCC(=O)OC/C=C/CCCCCC. The van der Waals surface area contributed by atoms with Gasteiger partial charge in [0, 0.05) is 18.2 Å². The van der Waals surface area contributed by atoms with Crippen LogP contribution in [0.3, 0.4) is 0 Å². The van der Waals surface area contributed by atoms with Crippen LogP contribution in [0, 0.1) is 5.92 Å². The first-order valence-corrected chi connectivity index (χ1v) is 18.4. The lowest BCUT2D eigenvalue weighted by atomic mass is 9.96. The van der Waals surface area contributed by atoms with Gasteiger partial charge in [-0.05, 0) is 57.3 Å². The summed E-state index contributed by atoms with van der Waals surface area (Å²) >= 11 is 3.71. The second kappa shape index (κ2) is 33.4. The van der Waals surface area contributed by atoms with Gasteiger partial charge in [0.2, 0.25) is 0 Å². The molecule has 41 heavy (non-hydrogen) atoms. The topological polar surface area (TPSA) is 52.6 Å². The molecule has 0 saturated carbocycles. The van der Waals surface area contributed by atoms with E-state index < -0.39 is 0 Å². The van der Waals surface area contributed by atoms with Gasteiger partial charge in [-0.1, -0.05) is 144 Å². The fourth-order valence-electron chi connectivity index (χ4n) is 4.94. The van der Waals surface area contributed by atoms with Crippen molar-refractivity contribution in [3.05, 3.63) is 24.3 Å². The number of rotatable bonds is 31. The molecule has 0 aliphatic rings. The molecule has 0 amide bonds. The second-order valence-corrected chi connectivity index (χ2v) is 12.3. The fourth-order valence-corrected chi connectivity index (χ4v) is 5.59. The maximum atomic E-state index is 11.9. The van der Waals surface area contributed by atoms with Crippen LogP contribution in [0.15, 0.2) is 24.3 Å². The molecule has 0 aromatic rings. The number of unbranched alkanes of at least 4 members (excludes halogenated alkanes) is 16. The van der Waals surface area contributed by atoms with E-state index in [1.165, 1.54) is 103 Å². The van der Waals surface area contributed by atoms with Crippen LogP contribution in [0.5, 0.6) is 0 Å². The van der Waals surface area contributed by atoms with Gasteiger partial charge < -0.3 is 9.47 Å². The molecule has 0 radical (unpaired) electrons. The zero-order valence-corrected chi connectivity index (χ0v) is 28.6. The van der Waals surface area contributed by atoms with Crippen LogP contribution in [0.2, 0.25) is 0 Å². The van der Waals surface area contributed by atoms with Gasteiger partial charge in [0.1, 0.15) is 13.2 Å². The molecule has 0 heterocycles. The van der Waals surface area contributed by atoms with E-state index in [1.54, 1.807) is 0 Å². The van der Waals surface area contributed by atoms with Crippen molar-refractivity contribution in [2.24, 2.45) is 5.92 Å². The molecule has 0 aromatic heterocycles. The normalized spacial score (nSPS) is 11.7. The summed E-state index contributed by atoms with van der Waals surface area (Å²) in [6.45, 7) is 5.30. The number of alkyl halides is 1. The highest BCUT2D eigenvalue weighted by Gasteiger charge is 2.08. The molecular formula is C36H65BrO4. The van der Waals surface area contributed by atoms with E-state index in [9.17, 15) is 9.59 Å². The van der Waals surface area contributed by atoms with Crippen LogP contribution in [-0.2, 0) is 19.1 Å². The van der Waals surface area contributed by atoms with E-state index in [0.29, 0.717) is 26.1 Å². The third-order valence-electron chi connectivity index (χ3n) is 7.67. The number of ether oxygens (including phenoxy) is 2. The molecule has 240 valence electrons. The van der Waals surface area contributed by atoms with Crippen molar-refractivity contribution in [3.8, 4) is 0 Å². The Morgan fingerprint density at radius 1 is 0.537 bits per heavy atom. The third kappa shape index (κ3) is 31.7. The molecule has 0 aliphatic heterocycles. The number of allylic oxidation sites excluding steroid dienone is 2. The van der Waals surface area contributed by atoms with Crippen molar-refractivity contribution in [3.63, 3.8) is 0 Å². The van der Waals surface area contributed by atoms with Crippen molar-refractivity contribution in [2.75, 3.05) is 18.5 Å². The Morgan fingerprint density at radius 3 is 1.34 bits per heavy atom. The average molecular weight is 642 g/mol. The van der Waals surface area contributed by atoms with E-state index in [4.69, 9.17) is 9.47 Å². The fraction of sp³-hybridized carbons (Fsp3) is 0.833. The molecule has 4 nitrogen and oxygen atoms in total. The van der Waals surface area contributed by atoms with Gasteiger partial charge in [-0.25, -0.2) is 0 Å². The molecule has 0 N–H and O–H groups in total. The Morgan fingerprint density at radius 2 is 0.927 bits per heavy atom. The smallest absolute Gasteiger partial charge is 0.306 e. The molecule has 0 bridgehead atoms. The maximum Gasteiger partial charge on any atom is 0.306 e. The molecule has 0 atom stereocenters. The minimum absolute atomic E-state index is 0.0591. The number of carbonyl (C=O) groups is 2. The summed E-state index contributed by atoms with van der Waals surface area (Å²) in [4.78, 5) is 23.7. The van der Waals surface area contributed by atoms with Gasteiger partial charge in [0.15, 0.2) is 0 Å². The molecule has 0 unspecified atom stereocenters. The first kappa shape index (κ1) is 39.9.